The molecule has 0 aliphatic heterocycles. The molecule has 0 radical (unpaired) electrons. The van der Waals surface area contributed by atoms with Gasteiger partial charge in [-0.1, -0.05) is 49.6 Å². The lowest BCUT2D eigenvalue weighted by Gasteiger charge is -2.31. The first-order chi connectivity index (χ1) is 15.6. The summed E-state index contributed by atoms with van der Waals surface area (Å²) in [4.78, 5) is 27.3. The first kappa shape index (κ1) is 21.5. The fourth-order valence-electron chi connectivity index (χ4n) is 3.81. The zero-order chi connectivity index (χ0) is 22.3. The molecule has 2 heterocycles. The van der Waals surface area contributed by atoms with Crippen LogP contribution in [0.15, 0.2) is 53.1 Å². The Bertz CT molecular complexity index is 1070. The molecule has 1 fully saturated rings. The maximum atomic E-state index is 13.0. The molecule has 0 atom stereocenters. The van der Waals surface area contributed by atoms with E-state index >= 15 is 0 Å². The summed E-state index contributed by atoms with van der Waals surface area (Å²) in [6, 6.07) is 12.8. The zero-order valence-electron chi connectivity index (χ0n) is 17.9. The van der Waals surface area contributed by atoms with Gasteiger partial charge in [0, 0.05) is 24.7 Å². The van der Waals surface area contributed by atoms with Gasteiger partial charge in [0.1, 0.15) is 5.76 Å². The van der Waals surface area contributed by atoms with E-state index in [9.17, 15) is 9.59 Å². The third kappa shape index (κ3) is 4.93. The number of furan rings is 1. The lowest BCUT2D eigenvalue weighted by molar-refractivity contribution is -0.148. The second kappa shape index (κ2) is 10.0. The van der Waals surface area contributed by atoms with E-state index in [0.717, 1.165) is 31.2 Å². The molecule has 1 amide bonds. The highest BCUT2D eigenvalue weighted by Gasteiger charge is 2.25. The van der Waals surface area contributed by atoms with Crippen LogP contribution >= 0.6 is 0 Å². The molecular formula is C23H25N5O4. The minimum absolute atomic E-state index is 0.0388. The molecule has 0 saturated heterocycles. The van der Waals surface area contributed by atoms with Crippen LogP contribution in [-0.4, -0.2) is 56.7 Å². The van der Waals surface area contributed by atoms with E-state index in [4.69, 9.17) is 9.15 Å². The van der Waals surface area contributed by atoms with Gasteiger partial charge >= 0.3 is 5.97 Å². The number of ether oxygens (including phenoxy) is 1. The summed E-state index contributed by atoms with van der Waals surface area (Å²) in [5.74, 6) is -0.165. The van der Waals surface area contributed by atoms with E-state index < -0.39 is 5.97 Å². The van der Waals surface area contributed by atoms with Gasteiger partial charge in [0.15, 0.2) is 18.1 Å². The Labute approximate surface area is 185 Å². The molecule has 166 valence electrons. The van der Waals surface area contributed by atoms with Gasteiger partial charge in [0.05, 0.1) is 6.26 Å². The summed E-state index contributed by atoms with van der Waals surface area (Å²) < 4.78 is 12.0. The summed E-state index contributed by atoms with van der Waals surface area (Å²) in [6.07, 6.45) is 8.36. The number of likely N-dealkylation sites (N-methyl/N-ethyl adjacent to an activating group) is 1. The molecule has 0 unspecified atom stereocenters. The average Bonchev–Trinajstić information content (AvgIpc) is 3.53. The van der Waals surface area contributed by atoms with Crippen molar-refractivity contribution >= 4 is 23.6 Å². The molecule has 1 aromatic carbocycles. The Kier molecular flexibility index (Phi) is 6.74. The standard InChI is InChI=1S/C23H25N5O4/c1-27(18-11-6-3-7-12-18)21(29)16-32-23(30)20(15-19-13-8-14-31-19)28-22(24-25-26-28)17-9-4-2-5-10-17/h2,4-5,8-10,13-15,18H,3,6-7,11-12,16H2,1H3/b20-15+. The number of carbonyl (C=O) groups is 2. The smallest absolute Gasteiger partial charge is 0.357 e. The van der Waals surface area contributed by atoms with E-state index in [-0.39, 0.29) is 24.3 Å². The number of tetrazole rings is 1. The number of amides is 1. The van der Waals surface area contributed by atoms with E-state index in [1.54, 1.807) is 24.1 Å². The highest BCUT2D eigenvalue weighted by Crippen LogP contribution is 2.23. The normalized spacial score (nSPS) is 14.8. The van der Waals surface area contributed by atoms with Gasteiger partial charge in [0.25, 0.3) is 5.91 Å². The molecule has 1 saturated carbocycles. The quantitative estimate of drug-likeness (QED) is 0.414. The molecule has 1 aliphatic rings. The number of hydrogen-bond acceptors (Lipinski definition) is 7. The molecule has 4 rings (SSSR count). The molecule has 32 heavy (non-hydrogen) atoms. The van der Waals surface area contributed by atoms with Crippen LogP contribution < -0.4 is 0 Å². The van der Waals surface area contributed by atoms with Crippen LogP contribution in [0.25, 0.3) is 23.2 Å². The number of benzene rings is 1. The van der Waals surface area contributed by atoms with Crippen LogP contribution in [0.2, 0.25) is 0 Å². The predicted octanol–water partition coefficient (Wildman–Crippen LogP) is 3.27. The predicted molar refractivity (Wildman–Crippen MR) is 117 cm³/mol. The molecular weight excluding hydrogens is 410 g/mol. The SMILES string of the molecule is CN(C(=O)COC(=O)/C(=C\c1ccco1)n1nnnc1-c1ccccc1)C1CCCCC1. The summed E-state index contributed by atoms with van der Waals surface area (Å²) in [5.41, 5.74) is 0.765. The Morgan fingerprint density at radius 3 is 2.66 bits per heavy atom. The molecule has 9 heteroatoms. The van der Waals surface area contributed by atoms with Crippen LogP contribution in [-0.2, 0) is 14.3 Å². The summed E-state index contributed by atoms with van der Waals surface area (Å²) >= 11 is 0. The Morgan fingerprint density at radius 1 is 1.16 bits per heavy atom. The highest BCUT2D eigenvalue weighted by atomic mass is 16.5. The highest BCUT2D eigenvalue weighted by molar-refractivity contribution is 6.15. The van der Waals surface area contributed by atoms with Gasteiger partial charge in [-0.05, 0) is 35.4 Å². The summed E-state index contributed by atoms with van der Waals surface area (Å²) in [6.45, 7) is -0.357. The van der Waals surface area contributed by atoms with Crippen LogP contribution in [0.4, 0.5) is 0 Å². The topological polar surface area (TPSA) is 103 Å². The lowest BCUT2D eigenvalue weighted by Crippen LogP contribution is -2.40. The molecule has 9 nitrogen and oxygen atoms in total. The fraction of sp³-hybridized carbons (Fsp3) is 0.348. The maximum absolute atomic E-state index is 13.0. The number of nitrogens with zero attached hydrogens (tertiary/aromatic N) is 5. The number of carbonyl (C=O) groups excluding carboxylic acids is 2. The van der Waals surface area contributed by atoms with Gasteiger partial charge in [0.2, 0.25) is 0 Å². The van der Waals surface area contributed by atoms with Crippen molar-refractivity contribution in [3.8, 4) is 11.4 Å². The van der Waals surface area contributed by atoms with Gasteiger partial charge in [-0.2, -0.15) is 4.68 Å². The maximum Gasteiger partial charge on any atom is 0.357 e. The summed E-state index contributed by atoms with van der Waals surface area (Å²) in [7, 11) is 1.76. The molecule has 0 spiro atoms. The van der Waals surface area contributed by atoms with Crippen molar-refractivity contribution in [2.75, 3.05) is 13.7 Å². The van der Waals surface area contributed by atoms with Crippen molar-refractivity contribution in [2.24, 2.45) is 0 Å². The van der Waals surface area contributed by atoms with Crippen LogP contribution in [0, 0.1) is 0 Å². The monoisotopic (exact) mass is 435 g/mol. The average molecular weight is 435 g/mol. The minimum Gasteiger partial charge on any atom is -0.465 e. The zero-order valence-corrected chi connectivity index (χ0v) is 17.9. The number of aromatic nitrogens is 4. The van der Waals surface area contributed by atoms with Gasteiger partial charge in [-0.15, -0.1) is 5.10 Å². The van der Waals surface area contributed by atoms with E-state index in [1.165, 1.54) is 23.4 Å². The Morgan fingerprint density at radius 2 is 1.94 bits per heavy atom. The Balaban J connectivity index is 1.54. The van der Waals surface area contributed by atoms with E-state index in [0.29, 0.717) is 11.6 Å². The largest absolute Gasteiger partial charge is 0.465 e. The first-order valence-electron chi connectivity index (χ1n) is 10.7. The van der Waals surface area contributed by atoms with Gasteiger partial charge in [-0.3, -0.25) is 4.79 Å². The van der Waals surface area contributed by atoms with Crippen molar-refractivity contribution in [3.05, 3.63) is 54.5 Å². The summed E-state index contributed by atoms with van der Waals surface area (Å²) in [5, 5.41) is 11.8. The minimum atomic E-state index is -0.726. The van der Waals surface area contributed by atoms with Crippen LogP contribution in [0.5, 0.6) is 0 Å². The van der Waals surface area contributed by atoms with E-state index in [2.05, 4.69) is 15.5 Å². The van der Waals surface area contributed by atoms with Gasteiger partial charge < -0.3 is 14.1 Å². The molecule has 0 bridgehead atoms. The van der Waals surface area contributed by atoms with Gasteiger partial charge in [-0.25, -0.2) is 4.79 Å². The second-order valence-corrected chi connectivity index (χ2v) is 7.70. The molecule has 1 aliphatic carbocycles. The van der Waals surface area contributed by atoms with Crippen molar-refractivity contribution < 1.29 is 18.7 Å². The third-order valence-corrected chi connectivity index (χ3v) is 5.60. The lowest BCUT2D eigenvalue weighted by atomic mass is 9.94. The Hall–Kier alpha value is -3.75. The van der Waals surface area contributed by atoms with Crippen molar-refractivity contribution in [2.45, 2.75) is 38.1 Å². The second-order valence-electron chi connectivity index (χ2n) is 7.70. The van der Waals surface area contributed by atoms with E-state index in [1.807, 2.05) is 30.3 Å². The number of hydrogen-bond donors (Lipinski definition) is 0. The van der Waals surface area contributed by atoms with Crippen molar-refractivity contribution in [1.29, 1.82) is 0 Å². The number of rotatable bonds is 7. The van der Waals surface area contributed by atoms with Crippen molar-refractivity contribution in [1.82, 2.24) is 25.1 Å². The molecule has 0 N–H and O–H groups in total. The molecule has 3 aromatic rings. The fourth-order valence-corrected chi connectivity index (χ4v) is 3.81. The van der Waals surface area contributed by atoms with Crippen molar-refractivity contribution in [3.63, 3.8) is 0 Å². The molecule has 2 aromatic heterocycles. The third-order valence-electron chi connectivity index (χ3n) is 5.60. The first-order valence-corrected chi connectivity index (χ1v) is 10.7. The van der Waals surface area contributed by atoms with Crippen LogP contribution in [0.3, 0.4) is 0 Å². The van der Waals surface area contributed by atoms with Crippen LogP contribution in [0.1, 0.15) is 37.9 Å². The number of esters is 1.